The van der Waals surface area contributed by atoms with Crippen LogP contribution >= 0.6 is 12.2 Å². The molecule has 0 aromatic carbocycles. The molecule has 1 amide bonds. The van der Waals surface area contributed by atoms with Crippen LogP contribution in [0.4, 0.5) is 0 Å². The molecule has 0 aliphatic heterocycles. The van der Waals surface area contributed by atoms with Gasteiger partial charge in [0, 0.05) is 12.6 Å². The lowest BCUT2D eigenvalue weighted by atomic mass is 9.92. The topological polar surface area (TPSA) is 66.6 Å². The van der Waals surface area contributed by atoms with E-state index in [-0.39, 0.29) is 18.6 Å². The van der Waals surface area contributed by atoms with Gasteiger partial charge in [-0.1, -0.05) is 31.5 Å². The van der Waals surface area contributed by atoms with Crippen molar-refractivity contribution in [3.63, 3.8) is 0 Å². The second-order valence-corrected chi connectivity index (χ2v) is 5.90. The maximum Gasteiger partial charge on any atom is 0.235 e. The molecule has 0 aromatic heterocycles. The smallest absolute Gasteiger partial charge is 0.235 e. The molecule has 0 aromatic rings. The highest BCUT2D eigenvalue weighted by molar-refractivity contribution is 7.80. The summed E-state index contributed by atoms with van der Waals surface area (Å²) in [6, 6.07) is 0.269. The number of carbonyl (C=O) groups is 1. The summed E-state index contributed by atoms with van der Waals surface area (Å²) in [5, 5.41) is 9.18. The Morgan fingerprint density at radius 3 is 2.39 bits per heavy atom. The Labute approximate surface area is 114 Å². The van der Waals surface area contributed by atoms with E-state index in [1.165, 1.54) is 19.3 Å². The van der Waals surface area contributed by atoms with E-state index in [1.807, 2.05) is 4.90 Å². The van der Waals surface area contributed by atoms with Crippen molar-refractivity contribution in [1.29, 1.82) is 0 Å². The van der Waals surface area contributed by atoms with Crippen molar-refractivity contribution < 1.29 is 9.90 Å². The second-order valence-electron chi connectivity index (χ2n) is 5.46. The third-order valence-corrected chi connectivity index (χ3v) is 4.64. The van der Waals surface area contributed by atoms with E-state index in [2.05, 4.69) is 0 Å². The number of nitrogens with two attached hydrogens (primary N) is 1. The first-order valence-corrected chi connectivity index (χ1v) is 7.24. The highest BCUT2D eigenvalue weighted by Gasteiger charge is 2.55. The van der Waals surface area contributed by atoms with Crippen molar-refractivity contribution in [2.24, 2.45) is 11.1 Å². The molecule has 102 valence electrons. The standard InChI is InChI=1S/C13H22N2O2S/c14-11(18)13(6-7-13)12(17)15(8-9-16)10-4-2-1-3-5-10/h10,16H,1-9H2,(H2,14,18). The van der Waals surface area contributed by atoms with Crippen LogP contribution in [0.2, 0.25) is 0 Å². The molecule has 2 rings (SSSR count). The molecular formula is C13H22N2O2S. The van der Waals surface area contributed by atoms with Gasteiger partial charge in [-0.05, 0) is 25.7 Å². The molecule has 0 saturated heterocycles. The minimum Gasteiger partial charge on any atom is -0.395 e. The average molecular weight is 270 g/mol. The molecule has 0 atom stereocenters. The van der Waals surface area contributed by atoms with Crippen LogP contribution in [0, 0.1) is 5.41 Å². The third kappa shape index (κ3) is 2.52. The first-order valence-electron chi connectivity index (χ1n) is 6.83. The van der Waals surface area contributed by atoms with Gasteiger partial charge >= 0.3 is 0 Å². The number of nitrogens with zero attached hydrogens (tertiary/aromatic N) is 1. The molecule has 3 N–H and O–H groups in total. The Balaban J connectivity index is 2.09. The number of hydrogen-bond donors (Lipinski definition) is 2. The summed E-state index contributed by atoms with van der Waals surface area (Å²) in [4.78, 5) is 14.8. The largest absolute Gasteiger partial charge is 0.395 e. The van der Waals surface area contributed by atoms with Crippen molar-refractivity contribution >= 4 is 23.1 Å². The van der Waals surface area contributed by atoms with Gasteiger partial charge in [-0.2, -0.15) is 0 Å². The predicted octanol–water partition coefficient (Wildman–Crippen LogP) is 1.21. The first kappa shape index (κ1) is 13.7. The van der Waals surface area contributed by atoms with E-state index < -0.39 is 5.41 Å². The van der Waals surface area contributed by atoms with Crippen LogP contribution in [0.15, 0.2) is 0 Å². The summed E-state index contributed by atoms with van der Waals surface area (Å²) in [7, 11) is 0. The lowest BCUT2D eigenvalue weighted by Crippen LogP contribution is -2.49. The molecule has 18 heavy (non-hydrogen) atoms. The van der Waals surface area contributed by atoms with Crippen molar-refractivity contribution in [3.8, 4) is 0 Å². The zero-order valence-corrected chi connectivity index (χ0v) is 11.5. The Morgan fingerprint density at radius 1 is 1.33 bits per heavy atom. The molecule has 0 bridgehead atoms. The number of aliphatic hydroxyl groups excluding tert-OH is 1. The number of carbonyl (C=O) groups excluding carboxylic acids is 1. The molecule has 2 saturated carbocycles. The summed E-state index contributed by atoms with van der Waals surface area (Å²) in [6.45, 7) is 0.420. The Morgan fingerprint density at radius 2 is 1.94 bits per heavy atom. The van der Waals surface area contributed by atoms with E-state index in [0.29, 0.717) is 11.5 Å². The van der Waals surface area contributed by atoms with Crippen molar-refractivity contribution in [3.05, 3.63) is 0 Å². The van der Waals surface area contributed by atoms with Crippen LogP contribution in [0.3, 0.4) is 0 Å². The van der Waals surface area contributed by atoms with Gasteiger partial charge < -0.3 is 15.7 Å². The van der Waals surface area contributed by atoms with Gasteiger partial charge in [-0.3, -0.25) is 4.79 Å². The quantitative estimate of drug-likeness (QED) is 0.737. The minimum atomic E-state index is -0.581. The monoisotopic (exact) mass is 270 g/mol. The Kier molecular flexibility index (Phi) is 4.22. The number of thiocarbonyl (C=S) groups is 1. The molecular weight excluding hydrogens is 248 g/mol. The molecule has 2 aliphatic carbocycles. The van der Waals surface area contributed by atoms with Gasteiger partial charge in [0.25, 0.3) is 0 Å². The summed E-state index contributed by atoms with van der Waals surface area (Å²) < 4.78 is 0. The number of amides is 1. The number of aliphatic hydroxyl groups is 1. The summed E-state index contributed by atoms with van der Waals surface area (Å²) >= 11 is 5.04. The van der Waals surface area contributed by atoms with Crippen LogP contribution in [0.1, 0.15) is 44.9 Å². The maximum absolute atomic E-state index is 12.6. The average Bonchev–Trinajstić information content (AvgIpc) is 3.17. The minimum absolute atomic E-state index is 0.00958. The summed E-state index contributed by atoms with van der Waals surface area (Å²) in [5.74, 6) is 0.0518. The molecule has 2 fully saturated rings. The van der Waals surface area contributed by atoms with Crippen molar-refractivity contribution in [1.82, 2.24) is 4.90 Å². The van der Waals surface area contributed by atoms with E-state index in [4.69, 9.17) is 18.0 Å². The second kappa shape index (κ2) is 5.53. The number of rotatable bonds is 5. The van der Waals surface area contributed by atoms with Gasteiger partial charge in [0.05, 0.1) is 17.0 Å². The van der Waals surface area contributed by atoms with E-state index in [9.17, 15) is 9.90 Å². The zero-order chi connectivity index (χ0) is 13.2. The lowest BCUT2D eigenvalue weighted by molar-refractivity contribution is -0.138. The van der Waals surface area contributed by atoms with Crippen LogP contribution in [0.5, 0.6) is 0 Å². The van der Waals surface area contributed by atoms with Crippen LogP contribution in [0.25, 0.3) is 0 Å². The fraction of sp³-hybridized carbons (Fsp3) is 0.846. The molecule has 2 aliphatic rings. The fourth-order valence-corrected chi connectivity index (χ4v) is 3.21. The normalized spacial score (nSPS) is 22.5. The van der Waals surface area contributed by atoms with Crippen LogP contribution in [-0.4, -0.2) is 40.1 Å². The van der Waals surface area contributed by atoms with Gasteiger partial charge in [-0.15, -0.1) is 0 Å². The Hall–Kier alpha value is -0.680. The van der Waals surface area contributed by atoms with Gasteiger partial charge in [0.2, 0.25) is 5.91 Å². The maximum atomic E-state index is 12.6. The Bertz CT molecular complexity index is 336. The van der Waals surface area contributed by atoms with Crippen molar-refractivity contribution in [2.75, 3.05) is 13.2 Å². The van der Waals surface area contributed by atoms with Crippen LogP contribution in [-0.2, 0) is 4.79 Å². The molecule has 0 spiro atoms. The summed E-state index contributed by atoms with van der Waals surface area (Å²) in [5.41, 5.74) is 5.14. The van der Waals surface area contributed by atoms with Gasteiger partial charge in [0.1, 0.15) is 0 Å². The summed E-state index contributed by atoms with van der Waals surface area (Å²) in [6.07, 6.45) is 7.21. The van der Waals surface area contributed by atoms with Crippen molar-refractivity contribution in [2.45, 2.75) is 51.0 Å². The molecule has 4 nitrogen and oxygen atoms in total. The zero-order valence-electron chi connectivity index (χ0n) is 10.7. The van der Waals surface area contributed by atoms with E-state index in [0.717, 1.165) is 25.7 Å². The van der Waals surface area contributed by atoms with E-state index >= 15 is 0 Å². The molecule has 5 heteroatoms. The molecule has 0 radical (unpaired) electrons. The fourth-order valence-electron chi connectivity index (χ4n) is 2.92. The molecule has 0 unspecified atom stereocenters. The number of hydrogen-bond acceptors (Lipinski definition) is 3. The van der Waals surface area contributed by atoms with Crippen LogP contribution < -0.4 is 5.73 Å². The van der Waals surface area contributed by atoms with Gasteiger partial charge in [-0.25, -0.2) is 0 Å². The van der Waals surface area contributed by atoms with Gasteiger partial charge in [0.15, 0.2) is 0 Å². The van der Waals surface area contributed by atoms with E-state index in [1.54, 1.807) is 0 Å². The predicted molar refractivity (Wildman–Crippen MR) is 74.1 cm³/mol. The SMILES string of the molecule is NC(=S)C1(C(=O)N(CCO)C2CCCCC2)CC1. The lowest BCUT2D eigenvalue weighted by Gasteiger charge is -2.36. The molecule has 0 heterocycles. The first-order chi connectivity index (χ1) is 8.62. The highest BCUT2D eigenvalue weighted by Crippen LogP contribution is 2.48. The highest BCUT2D eigenvalue weighted by atomic mass is 32.1. The third-order valence-electron chi connectivity index (χ3n) is 4.25.